The fourth-order valence-corrected chi connectivity index (χ4v) is 10.1. The zero-order chi connectivity index (χ0) is 46.0. The summed E-state index contributed by atoms with van der Waals surface area (Å²) in [6.45, 7) is 4.32. The van der Waals surface area contributed by atoms with E-state index in [0.717, 1.165) is 60.8 Å². The van der Waals surface area contributed by atoms with Gasteiger partial charge in [0.2, 0.25) is 35.4 Å². The summed E-state index contributed by atoms with van der Waals surface area (Å²) in [7, 11) is 3.38. The zero-order valence-corrected chi connectivity index (χ0v) is 38.5. The van der Waals surface area contributed by atoms with E-state index in [1.165, 1.54) is 11.1 Å². The van der Waals surface area contributed by atoms with Crippen LogP contribution in [0.1, 0.15) is 117 Å². The molecule has 0 bridgehead atoms. The van der Waals surface area contributed by atoms with Crippen LogP contribution in [0.4, 0.5) is 0 Å². The summed E-state index contributed by atoms with van der Waals surface area (Å²) < 4.78 is 0. The molecule has 7 rings (SSSR count). The van der Waals surface area contributed by atoms with Gasteiger partial charge in [-0.05, 0) is 138 Å². The van der Waals surface area contributed by atoms with Crippen LogP contribution >= 0.6 is 0 Å². The first-order valence-corrected chi connectivity index (χ1v) is 23.9. The van der Waals surface area contributed by atoms with E-state index in [-0.39, 0.29) is 53.9 Å². The average Bonchev–Trinajstić information content (AvgIpc) is 4.04. The normalized spacial score (nSPS) is 22.1. The largest absolute Gasteiger partial charge is 0.347 e. The maximum Gasteiger partial charge on any atom is 0.246 e. The van der Waals surface area contributed by atoms with Gasteiger partial charge in [0, 0.05) is 19.5 Å². The van der Waals surface area contributed by atoms with E-state index in [4.69, 9.17) is 0 Å². The highest BCUT2D eigenvalue weighted by atomic mass is 16.2. The molecule has 3 aromatic rings. The fraction of sp³-hybridized carbons (Fsp3) is 0.529. The molecular formula is C51H68N8O6. The number of fused-ring (bicyclic) bond motifs is 2. The van der Waals surface area contributed by atoms with Gasteiger partial charge in [-0.2, -0.15) is 0 Å². The van der Waals surface area contributed by atoms with Crippen molar-refractivity contribution >= 4 is 35.4 Å². The second-order valence-corrected chi connectivity index (χ2v) is 18.4. The summed E-state index contributed by atoms with van der Waals surface area (Å²) in [4.78, 5) is 86.2. The number of aryl methyl sites for hydroxylation is 3. The highest BCUT2D eigenvalue weighted by molar-refractivity contribution is 5.95. The van der Waals surface area contributed by atoms with Crippen LogP contribution < -0.4 is 31.9 Å². The Kier molecular flexibility index (Phi) is 16.1. The number of nitrogens with one attached hydrogen (secondary N) is 6. The van der Waals surface area contributed by atoms with Gasteiger partial charge >= 0.3 is 0 Å². The van der Waals surface area contributed by atoms with Crippen molar-refractivity contribution in [1.82, 2.24) is 41.7 Å². The maximum atomic E-state index is 14.4. The van der Waals surface area contributed by atoms with E-state index in [2.05, 4.69) is 56.2 Å². The molecule has 0 spiro atoms. The quantitative estimate of drug-likeness (QED) is 0.119. The molecule has 2 heterocycles. The molecule has 14 nitrogen and oxygen atoms in total. The summed E-state index contributed by atoms with van der Waals surface area (Å²) in [5.74, 6) is -1.52. The summed E-state index contributed by atoms with van der Waals surface area (Å²) in [6, 6.07) is 19.8. The summed E-state index contributed by atoms with van der Waals surface area (Å²) in [5, 5.41) is 18.4. The van der Waals surface area contributed by atoms with Crippen molar-refractivity contribution in [2.45, 2.75) is 146 Å². The molecule has 6 amide bonds. The average molecular weight is 889 g/mol. The van der Waals surface area contributed by atoms with E-state index < -0.39 is 36.3 Å². The van der Waals surface area contributed by atoms with E-state index >= 15 is 0 Å². The molecule has 65 heavy (non-hydrogen) atoms. The minimum absolute atomic E-state index is 0.101. The van der Waals surface area contributed by atoms with Crippen molar-refractivity contribution in [3.63, 3.8) is 0 Å². The van der Waals surface area contributed by atoms with Crippen LogP contribution in [-0.2, 0) is 54.5 Å². The topological polar surface area (TPSA) is 181 Å². The Morgan fingerprint density at radius 2 is 1.02 bits per heavy atom. The van der Waals surface area contributed by atoms with Crippen LogP contribution in [0.3, 0.4) is 0 Å². The van der Waals surface area contributed by atoms with Gasteiger partial charge in [0.15, 0.2) is 0 Å². The number of hydrogen-bond donors (Lipinski definition) is 6. The van der Waals surface area contributed by atoms with Crippen molar-refractivity contribution in [2.24, 2.45) is 0 Å². The molecule has 4 aliphatic rings. The van der Waals surface area contributed by atoms with Gasteiger partial charge < -0.3 is 41.7 Å². The molecule has 0 saturated carbocycles. The number of amides is 6. The molecule has 8 atom stereocenters. The lowest BCUT2D eigenvalue weighted by Crippen LogP contribution is -2.56. The van der Waals surface area contributed by atoms with Gasteiger partial charge in [-0.1, -0.05) is 72.8 Å². The predicted molar refractivity (Wildman–Crippen MR) is 249 cm³/mol. The number of nitrogens with zero attached hydrogens (tertiary/aromatic N) is 2. The minimum Gasteiger partial charge on any atom is -0.347 e. The molecule has 2 aliphatic carbocycles. The Morgan fingerprint density at radius 1 is 0.569 bits per heavy atom. The Hall–Kier alpha value is -5.60. The molecule has 3 aromatic carbocycles. The Labute approximate surface area is 383 Å². The lowest BCUT2D eigenvalue weighted by Gasteiger charge is -2.32. The molecule has 2 aliphatic heterocycles. The van der Waals surface area contributed by atoms with E-state index in [1.54, 1.807) is 37.7 Å². The van der Waals surface area contributed by atoms with Crippen LogP contribution in [0.5, 0.6) is 0 Å². The highest BCUT2D eigenvalue weighted by Gasteiger charge is 2.41. The third-order valence-electron chi connectivity index (χ3n) is 14.1. The van der Waals surface area contributed by atoms with Gasteiger partial charge in [0.25, 0.3) is 0 Å². The lowest BCUT2D eigenvalue weighted by molar-refractivity contribution is -0.142. The number of carbonyl (C=O) groups is 6. The minimum atomic E-state index is -0.905. The smallest absolute Gasteiger partial charge is 0.246 e. The predicted octanol–water partition coefficient (Wildman–Crippen LogP) is 3.72. The molecule has 6 N–H and O–H groups in total. The molecule has 348 valence electrons. The van der Waals surface area contributed by atoms with Crippen LogP contribution in [-0.4, -0.2) is 109 Å². The molecule has 0 unspecified atom stereocenters. The fourth-order valence-electron chi connectivity index (χ4n) is 10.1. The summed E-state index contributed by atoms with van der Waals surface area (Å²) >= 11 is 0. The SMILES string of the molecule is CN[C@H](C)C(=O)N[C@@H](CCc1ccc(C[C@H](NC(=O)[C@@H](C)NC)C(=O)N2CCC[C@@H]2C(=O)N[C@@H]2CCCc3ccccc32)cc1)C(=O)N1CCC[C@@H]1C(=O)N[C@@H]1CCCc2ccccc21. The number of hydrogen-bond acceptors (Lipinski definition) is 8. The number of likely N-dealkylation sites (tertiary alicyclic amines) is 2. The van der Waals surface area contributed by atoms with Crippen LogP contribution in [0.2, 0.25) is 0 Å². The Balaban J connectivity index is 1.01. The third-order valence-corrected chi connectivity index (χ3v) is 14.1. The van der Waals surface area contributed by atoms with Crippen molar-refractivity contribution in [1.29, 1.82) is 0 Å². The zero-order valence-electron chi connectivity index (χ0n) is 38.5. The third kappa shape index (κ3) is 11.4. The van der Waals surface area contributed by atoms with Gasteiger partial charge in [0.1, 0.15) is 24.2 Å². The second kappa shape index (κ2) is 22.1. The van der Waals surface area contributed by atoms with Crippen LogP contribution in [0.15, 0.2) is 72.8 Å². The standard InChI is InChI=1S/C51H68N8O6/c1-32(52-3)46(60)56-42(50(64)58-29-11-21-44(58)48(62)54-40-19-9-15-36-13-5-7-17-38(36)40)28-27-34-23-25-35(26-24-34)31-43(57-47(61)33(2)53-4)51(65)59-30-12-22-45(59)49(63)55-41-20-10-16-37-14-6-8-18-39(37)41/h5-8,13-14,17-18,23-26,32-33,40-45,52-53H,9-12,15-16,19-22,27-31H2,1-4H3,(H,54,62)(H,55,63)(H,56,60)(H,57,61)/t32-,33-,40-,41-,42+,43+,44-,45-/m1/s1. The maximum absolute atomic E-state index is 14.4. The number of carbonyl (C=O) groups excluding carboxylic acids is 6. The molecule has 0 radical (unpaired) electrons. The Bertz CT molecular complexity index is 2180. The number of rotatable bonds is 17. The van der Waals surface area contributed by atoms with Crippen molar-refractivity contribution < 1.29 is 28.8 Å². The van der Waals surface area contributed by atoms with E-state index in [0.29, 0.717) is 51.6 Å². The van der Waals surface area contributed by atoms with E-state index in [1.807, 2.05) is 48.5 Å². The van der Waals surface area contributed by atoms with E-state index in [9.17, 15) is 28.8 Å². The van der Waals surface area contributed by atoms with Crippen LogP contribution in [0, 0.1) is 0 Å². The molecule has 2 saturated heterocycles. The summed E-state index contributed by atoms with van der Waals surface area (Å²) in [6.07, 6.45) is 9.09. The number of benzene rings is 3. The van der Waals surface area contributed by atoms with Crippen LogP contribution in [0.25, 0.3) is 0 Å². The van der Waals surface area contributed by atoms with Crippen molar-refractivity contribution in [3.8, 4) is 0 Å². The van der Waals surface area contributed by atoms with Gasteiger partial charge in [-0.3, -0.25) is 28.8 Å². The monoisotopic (exact) mass is 889 g/mol. The molecular weight excluding hydrogens is 821 g/mol. The lowest BCUT2D eigenvalue weighted by atomic mass is 9.87. The van der Waals surface area contributed by atoms with Gasteiger partial charge in [-0.15, -0.1) is 0 Å². The van der Waals surface area contributed by atoms with Gasteiger partial charge in [0.05, 0.1) is 24.2 Å². The molecule has 0 aromatic heterocycles. The molecule has 14 heteroatoms. The summed E-state index contributed by atoms with van der Waals surface area (Å²) in [5.41, 5.74) is 6.50. The molecule has 2 fully saturated rings. The Morgan fingerprint density at radius 3 is 1.51 bits per heavy atom. The highest BCUT2D eigenvalue weighted by Crippen LogP contribution is 2.32. The van der Waals surface area contributed by atoms with Crippen molar-refractivity contribution in [2.75, 3.05) is 27.2 Å². The second-order valence-electron chi connectivity index (χ2n) is 18.4. The first kappa shape index (κ1) is 47.4. The van der Waals surface area contributed by atoms with Crippen molar-refractivity contribution in [3.05, 3.63) is 106 Å². The first-order valence-electron chi connectivity index (χ1n) is 23.9. The number of likely N-dealkylation sites (N-methyl/N-ethyl adjacent to an activating group) is 2. The first-order chi connectivity index (χ1) is 31.4. The van der Waals surface area contributed by atoms with Gasteiger partial charge in [-0.25, -0.2) is 0 Å².